The molecule has 1 aliphatic rings. The molecule has 1 atom stereocenters. The van der Waals surface area contributed by atoms with E-state index in [1.54, 1.807) is 0 Å². The summed E-state index contributed by atoms with van der Waals surface area (Å²) in [5, 5.41) is 8.85. The maximum absolute atomic E-state index is 10.9. The van der Waals surface area contributed by atoms with Crippen molar-refractivity contribution in [3.05, 3.63) is 0 Å². The summed E-state index contributed by atoms with van der Waals surface area (Å²) >= 11 is 0. The van der Waals surface area contributed by atoms with Crippen molar-refractivity contribution in [2.24, 2.45) is 11.8 Å². The van der Waals surface area contributed by atoms with Crippen LogP contribution in [0.2, 0.25) is 0 Å². The van der Waals surface area contributed by atoms with E-state index in [4.69, 9.17) is 5.11 Å². The number of carbonyl (C=O) groups excluding carboxylic acids is 1. The van der Waals surface area contributed by atoms with Crippen molar-refractivity contribution in [1.82, 2.24) is 0 Å². The second-order valence-corrected chi connectivity index (χ2v) is 4.01. The Hall–Kier alpha value is -0.370. The van der Waals surface area contributed by atoms with Crippen LogP contribution < -0.4 is 0 Å². The van der Waals surface area contributed by atoms with E-state index in [9.17, 15) is 4.79 Å². The highest BCUT2D eigenvalue weighted by atomic mass is 16.3. The molecular formula is C10H18O2. The highest BCUT2D eigenvalue weighted by molar-refractivity contribution is 5.78. The van der Waals surface area contributed by atoms with Gasteiger partial charge >= 0.3 is 0 Å². The first-order valence-corrected chi connectivity index (χ1v) is 4.85. The predicted molar refractivity (Wildman–Crippen MR) is 47.8 cm³/mol. The van der Waals surface area contributed by atoms with Crippen molar-refractivity contribution in [3.63, 3.8) is 0 Å². The van der Waals surface area contributed by atoms with Crippen LogP contribution in [0.4, 0.5) is 0 Å². The van der Waals surface area contributed by atoms with E-state index in [1.165, 1.54) is 0 Å². The number of rotatable bonds is 3. The lowest BCUT2D eigenvalue weighted by molar-refractivity contribution is -0.121. The molecule has 0 amide bonds. The Morgan fingerprint density at radius 1 is 1.50 bits per heavy atom. The van der Waals surface area contributed by atoms with Crippen molar-refractivity contribution in [3.8, 4) is 0 Å². The normalized spacial score (nSPS) is 22.7. The number of ketones is 1. The molecule has 0 heterocycles. The van der Waals surface area contributed by atoms with E-state index in [1.807, 2.05) is 0 Å². The third-order valence-corrected chi connectivity index (χ3v) is 2.71. The maximum atomic E-state index is 10.9. The number of carbonyl (C=O) groups is 1. The molecule has 0 bridgehead atoms. The molecule has 1 fully saturated rings. The Morgan fingerprint density at radius 2 is 2.08 bits per heavy atom. The van der Waals surface area contributed by atoms with Crippen LogP contribution in [0.3, 0.4) is 0 Å². The second kappa shape index (κ2) is 4.61. The summed E-state index contributed by atoms with van der Waals surface area (Å²) in [6, 6.07) is 0. The summed E-state index contributed by atoms with van der Waals surface area (Å²) in [4.78, 5) is 10.9. The number of hydrogen-bond acceptors (Lipinski definition) is 2. The third-order valence-electron chi connectivity index (χ3n) is 2.71. The van der Waals surface area contributed by atoms with Gasteiger partial charge in [-0.25, -0.2) is 0 Å². The van der Waals surface area contributed by atoms with E-state index in [2.05, 4.69) is 6.92 Å². The molecule has 1 saturated carbocycles. The van der Waals surface area contributed by atoms with Gasteiger partial charge < -0.3 is 5.11 Å². The average Bonchev–Trinajstić information content (AvgIpc) is 2.09. The van der Waals surface area contributed by atoms with Gasteiger partial charge in [-0.3, -0.25) is 4.79 Å². The van der Waals surface area contributed by atoms with E-state index in [0.29, 0.717) is 17.6 Å². The molecule has 0 aromatic carbocycles. The van der Waals surface area contributed by atoms with Gasteiger partial charge in [0.2, 0.25) is 0 Å². The minimum absolute atomic E-state index is 0.282. The monoisotopic (exact) mass is 170 g/mol. The number of aliphatic hydroxyl groups excluding tert-OH is 1. The quantitative estimate of drug-likeness (QED) is 0.700. The predicted octanol–water partition coefficient (Wildman–Crippen LogP) is 1.76. The topological polar surface area (TPSA) is 37.3 Å². The molecule has 0 aromatic heterocycles. The third kappa shape index (κ3) is 2.94. The van der Waals surface area contributed by atoms with Crippen LogP contribution in [0.15, 0.2) is 0 Å². The number of hydrogen-bond donors (Lipinski definition) is 1. The highest BCUT2D eigenvalue weighted by Gasteiger charge is 2.19. The maximum Gasteiger partial charge on any atom is 0.132 e. The second-order valence-electron chi connectivity index (χ2n) is 4.01. The first-order valence-electron chi connectivity index (χ1n) is 4.85. The SMILES string of the molecule is CC(CO)CC1CCC(=O)CC1. The van der Waals surface area contributed by atoms with Gasteiger partial charge in [0.1, 0.15) is 5.78 Å². The molecule has 1 aliphatic carbocycles. The van der Waals surface area contributed by atoms with Crippen LogP contribution in [0.1, 0.15) is 39.0 Å². The molecule has 0 radical (unpaired) electrons. The van der Waals surface area contributed by atoms with E-state index in [-0.39, 0.29) is 6.61 Å². The van der Waals surface area contributed by atoms with Gasteiger partial charge in [0.15, 0.2) is 0 Å². The van der Waals surface area contributed by atoms with Crippen molar-refractivity contribution in [2.75, 3.05) is 6.61 Å². The van der Waals surface area contributed by atoms with Crippen molar-refractivity contribution in [1.29, 1.82) is 0 Å². The Kier molecular flexibility index (Phi) is 3.73. The van der Waals surface area contributed by atoms with E-state index >= 15 is 0 Å². The van der Waals surface area contributed by atoms with Crippen molar-refractivity contribution < 1.29 is 9.90 Å². The summed E-state index contributed by atoms with van der Waals surface area (Å²) in [6.07, 6.45) is 4.71. The standard InChI is InChI=1S/C10H18O2/c1-8(7-11)6-9-2-4-10(12)5-3-9/h8-9,11H,2-7H2,1H3. The summed E-state index contributed by atoms with van der Waals surface area (Å²) in [5.41, 5.74) is 0. The van der Waals surface area contributed by atoms with Gasteiger partial charge in [0, 0.05) is 19.4 Å². The van der Waals surface area contributed by atoms with Crippen molar-refractivity contribution in [2.45, 2.75) is 39.0 Å². The van der Waals surface area contributed by atoms with Crippen LogP contribution in [-0.4, -0.2) is 17.5 Å². The number of Topliss-reactive ketones (excluding diaryl/α,β-unsaturated/α-hetero) is 1. The molecule has 1 unspecified atom stereocenters. The smallest absolute Gasteiger partial charge is 0.132 e. The highest BCUT2D eigenvalue weighted by Crippen LogP contribution is 2.27. The summed E-state index contributed by atoms with van der Waals surface area (Å²) in [5.74, 6) is 1.51. The molecule has 0 aliphatic heterocycles. The lowest BCUT2D eigenvalue weighted by atomic mass is 9.83. The fourth-order valence-electron chi connectivity index (χ4n) is 1.88. The zero-order valence-electron chi connectivity index (χ0n) is 7.75. The van der Waals surface area contributed by atoms with Crippen LogP contribution in [0, 0.1) is 11.8 Å². The number of aliphatic hydroxyl groups is 1. The zero-order chi connectivity index (χ0) is 8.97. The lowest BCUT2D eigenvalue weighted by Crippen LogP contribution is -2.17. The average molecular weight is 170 g/mol. The van der Waals surface area contributed by atoms with Crippen molar-refractivity contribution >= 4 is 5.78 Å². The fourth-order valence-corrected chi connectivity index (χ4v) is 1.88. The van der Waals surface area contributed by atoms with Crippen LogP contribution in [-0.2, 0) is 4.79 Å². The molecule has 0 aromatic rings. The van der Waals surface area contributed by atoms with E-state index < -0.39 is 0 Å². The zero-order valence-corrected chi connectivity index (χ0v) is 7.75. The Balaban J connectivity index is 2.21. The van der Waals surface area contributed by atoms with Crippen LogP contribution in [0.25, 0.3) is 0 Å². The molecule has 0 saturated heterocycles. The molecule has 70 valence electrons. The Labute approximate surface area is 74.0 Å². The Morgan fingerprint density at radius 3 is 2.58 bits per heavy atom. The van der Waals surface area contributed by atoms with Gasteiger partial charge in [0.25, 0.3) is 0 Å². The van der Waals surface area contributed by atoms with Gasteiger partial charge in [-0.2, -0.15) is 0 Å². The van der Waals surface area contributed by atoms with Gasteiger partial charge in [-0.05, 0) is 31.1 Å². The first kappa shape index (κ1) is 9.72. The molecule has 2 nitrogen and oxygen atoms in total. The Bertz CT molecular complexity index is 144. The summed E-state index contributed by atoms with van der Waals surface area (Å²) in [6.45, 7) is 2.35. The fraction of sp³-hybridized carbons (Fsp3) is 0.900. The van der Waals surface area contributed by atoms with Gasteiger partial charge in [0.05, 0.1) is 0 Å². The van der Waals surface area contributed by atoms with Gasteiger partial charge in [-0.1, -0.05) is 6.92 Å². The summed E-state index contributed by atoms with van der Waals surface area (Å²) in [7, 11) is 0. The molecule has 12 heavy (non-hydrogen) atoms. The first-order chi connectivity index (χ1) is 5.72. The molecule has 0 spiro atoms. The molecule has 1 rings (SSSR count). The van der Waals surface area contributed by atoms with Gasteiger partial charge in [-0.15, -0.1) is 0 Å². The molecular weight excluding hydrogens is 152 g/mol. The minimum atomic E-state index is 0.282. The summed E-state index contributed by atoms with van der Waals surface area (Å²) < 4.78 is 0. The molecule has 2 heteroatoms. The van der Waals surface area contributed by atoms with E-state index in [0.717, 1.165) is 32.1 Å². The van der Waals surface area contributed by atoms with Crippen LogP contribution in [0.5, 0.6) is 0 Å². The largest absolute Gasteiger partial charge is 0.396 e. The minimum Gasteiger partial charge on any atom is -0.396 e. The molecule has 1 N–H and O–H groups in total. The van der Waals surface area contributed by atoms with Crippen LogP contribution >= 0.6 is 0 Å². The lowest BCUT2D eigenvalue weighted by Gasteiger charge is -2.22.